The Bertz CT molecular complexity index is 879. The minimum absolute atomic E-state index is 0.0303. The Balaban J connectivity index is 1.65. The molecule has 7 nitrogen and oxygen atoms in total. The molecule has 0 fully saturated rings. The number of benzene rings is 2. The summed E-state index contributed by atoms with van der Waals surface area (Å²) in [7, 11) is 0. The third-order valence-electron chi connectivity index (χ3n) is 3.17. The molecule has 2 N–H and O–H groups in total. The van der Waals surface area contributed by atoms with Gasteiger partial charge in [0.25, 0.3) is 5.91 Å². The molecule has 0 aliphatic rings. The van der Waals surface area contributed by atoms with Crippen LogP contribution in [0.3, 0.4) is 0 Å². The largest absolute Gasteiger partial charge is 0.482 e. The Morgan fingerprint density at radius 1 is 0.964 bits per heavy atom. The van der Waals surface area contributed by atoms with Crippen molar-refractivity contribution in [1.82, 2.24) is 5.32 Å². The minimum Gasteiger partial charge on any atom is -0.482 e. The van der Waals surface area contributed by atoms with Crippen LogP contribution in [0, 0.1) is 11.6 Å². The Morgan fingerprint density at radius 2 is 1.75 bits per heavy atom. The third kappa shape index (κ3) is 7.20. The summed E-state index contributed by atoms with van der Waals surface area (Å²) in [6.07, 6.45) is 0. The molecule has 0 saturated carbocycles. The molecule has 28 heavy (non-hydrogen) atoms. The summed E-state index contributed by atoms with van der Waals surface area (Å²) < 4.78 is 35.7. The molecule has 0 heterocycles. The fourth-order valence-electron chi connectivity index (χ4n) is 1.90. The van der Waals surface area contributed by atoms with Crippen molar-refractivity contribution in [1.29, 1.82) is 0 Å². The average Bonchev–Trinajstić information content (AvgIpc) is 2.66. The Morgan fingerprint density at radius 3 is 2.46 bits per heavy atom. The van der Waals surface area contributed by atoms with E-state index >= 15 is 0 Å². The molecule has 0 aromatic heterocycles. The van der Waals surface area contributed by atoms with Crippen LogP contribution in [-0.2, 0) is 19.1 Å². The molecular weight excluding hydrogens is 398 g/mol. The molecule has 0 atom stereocenters. The minimum atomic E-state index is -1.12. The molecule has 2 rings (SSSR count). The van der Waals surface area contributed by atoms with Gasteiger partial charge in [0, 0.05) is 16.8 Å². The van der Waals surface area contributed by atoms with E-state index in [1.165, 1.54) is 12.1 Å². The van der Waals surface area contributed by atoms with Gasteiger partial charge in [-0.2, -0.15) is 0 Å². The van der Waals surface area contributed by atoms with E-state index in [2.05, 4.69) is 10.6 Å². The summed E-state index contributed by atoms with van der Waals surface area (Å²) in [6, 6.07) is 9.21. The summed E-state index contributed by atoms with van der Waals surface area (Å²) in [6.45, 7) is -1.49. The van der Waals surface area contributed by atoms with Gasteiger partial charge in [-0.3, -0.25) is 9.59 Å². The van der Waals surface area contributed by atoms with E-state index in [1.807, 2.05) is 0 Å². The molecule has 2 aromatic carbocycles. The maximum Gasteiger partial charge on any atom is 0.344 e. The highest BCUT2D eigenvalue weighted by Gasteiger charge is 2.11. The molecule has 10 heteroatoms. The highest BCUT2D eigenvalue weighted by molar-refractivity contribution is 6.30. The van der Waals surface area contributed by atoms with E-state index in [0.717, 1.165) is 12.1 Å². The maximum absolute atomic E-state index is 13.0. The van der Waals surface area contributed by atoms with Crippen molar-refractivity contribution < 1.29 is 32.6 Å². The van der Waals surface area contributed by atoms with Gasteiger partial charge >= 0.3 is 5.97 Å². The lowest BCUT2D eigenvalue weighted by Gasteiger charge is -2.09. The van der Waals surface area contributed by atoms with Crippen LogP contribution >= 0.6 is 11.6 Å². The van der Waals surface area contributed by atoms with Crippen LogP contribution in [0.1, 0.15) is 0 Å². The normalized spacial score (nSPS) is 10.1. The number of ether oxygens (including phenoxy) is 2. The topological polar surface area (TPSA) is 93.7 Å². The quantitative estimate of drug-likeness (QED) is 0.649. The lowest BCUT2D eigenvalue weighted by molar-refractivity contribution is -0.150. The zero-order valence-electron chi connectivity index (χ0n) is 14.3. The van der Waals surface area contributed by atoms with Crippen molar-refractivity contribution in [2.75, 3.05) is 25.1 Å². The van der Waals surface area contributed by atoms with Crippen LogP contribution in [0.4, 0.5) is 14.5 Å². The SMILES string of the molecule is O=C(COC(=O)COc1cccc(Cl)c1)NCC(=O)Nc1ccc(F)c(F)c1. The van der Waals surface area contributed by atoms with Gasteiger partial charge in [0.15, 0.2) is 24.8 Å². The first-order chi connectivity index (χ1) is 13.3. The molecule has 2 aromatic rings. The van der Waals surface area contributed by atoms with Crippen LogP contribution in [0.15, 0.2) is 42.5 Å². The van der Waals surface area contributed by atoms with Crippen LogP contribution in [0.2, 0.25) is 5.02 Å². The monoisotopic (exact) mass is 412 g/mol. The van der Waals surface area contributed by atoms with Crippen LogP contribution < -0.4 is 15.4 Å². The van der Waals surface area contributed by atoms with E-state index in [1.54, 1.807) is 18.2 Å². The van der Waals surface area contributed by atoms with E-state index in [0.29, 0.717) is 10.8 Å². The fraction of sp³-hybridized carbons (Fsp3) is 0.167. The average molecular weight is 413 g/mol. The lowest BCUT2D eigenvalue weighted by atomic mass is 10.3. The van der Waals surface area contributed by atoms with Crippen LogP contribution in [0.5, 0.6) is 5.75 Å². The van der Waals surface area contributed by atoms with Gasteiger partial charge in [-0.15, -0.1) is 0 Å². The molecule has 0 aliphatic heterocycles. The van der Waals surface area contributed by atoms with Crippen molar-refractivity contribution in [2.24, 2.45) is 0 Å². The second-order valence-corrected chi connectivity index (χ2v) is 5.80. The third-order valence-corrected chi connectivity index (χ3v) is 3.40. The van der Waals surface area contributed by atoms with Gasteiger partial charge < -0.3 is 20.1 Å². The predicted octanol–water partition coefficient (Wildman–Crippen LogP) is 2.30. The number of anilines is 1. The van der Waals surface area contributed by atoms with Crippen molar-refractivity contribution in [2.45, 2.75) is 0 Å². The standard InChI is InChI=1S/C18H15ClF2N2O5/c19-11-2-1-3-13(6-11)27-10-18(26)28-9-17(25)22-8-16(24)23-12-4-5-14(20)15(21)7-12/h1-7H,8-10H2,(H,22,25)(H,23,24). The zero-order valence-corrected chi connectivity index (χ0v) is 15.1. The van der Waals surface area contributed by atoms with Crippen molar-refractivity contribution in [3.05, 3.63) is 59.1 Å². The highest BCUT2D eigenvalue weighted by atomic mass is 35.5. The summed E-state index contributed by atoms with van der Waals surface area (Å²) in [5, 5.41) is 4.92. The first-order valence-electron chi connectivity index (χ1n) is 7.89. The summed E-state index contributed by atoms with van der Waals surface area (Å²) in [4.78, 5) is 34.8. The Hall–Kier alpha value is -3.20. The fourth-order valence-corrected chi connectivity index (χ4v) is 2.08. The molecule has 0 radical (unpaired) electrons. The van der Waals surface area contributed by atoms with Crippen LogP contribution in [-0.4, -0.2) is 37.5 Å². The number of amides is 2. The van der Waals surface area contributed by atoms with Gasteiger partial charge in [-0.05, 0) is 30.3 Å². The molecular formula is C18H15ClF2N2O5. The first kappa shape index (κ1) is 21.1. The molecule has 0 bridgehead atoms. The van der Waals surface area contributed by atoms with Crippen LogP contribution in [0.25, 0.3) is 0 Å². The smallest absolute Gasteiger partial charge is 0.344 e. The number of nitrogens with one attached hydrogen (secondary N) is 2. The number of halogens is 3. The van der Waals surface area contributed by atoms with Crippen molar-refractivity contribution in [3.63, 3.8) is 0 Å². The predicted molar refractivity (Wildman–Crippen MR) is 95.9 cm³/mol. The second kappa shape index (κ2) is 10.2. The zero-order chi connectivity index (χ0) is 20.5. The molecule has 0 aliphatic carbocycles. The van der Waals surface area contributed by atoms with Gasteiger partial charge in [0.1, 0.15) is 5.75 Å². The number of carbonyl (C=O) groups is 3. The van der Waals surface area contributed by atoms with Gasteiger partial charge in [-0.25, -0.2) is 13.6 Å². The maximum atomic E-state index is 13.0. The lowest BCUT2D eigenvalue weighted by Crippen LogP contribution is -2.36. The highest BCUT2D eigenvalue weighted by Crippen LogP contribution is 2.17. The number of esters is 1. The first-order valence-corrected chi connectivity index (χ1v) is 8.27. The number of hydrogen-bond acceptors (Lipinski definition) is 5. The number of carbonyl (C=O) groups excluding carboxylic acids is 3. The summed E-state index contributed by atoms with van der Waals surface area (Å²) >= 11 is 5.77. The molecule has 0 spiro atoms. The summed E-state index contributed by atoms with van der Waals surface area (Å²) in [5.41, 5.74) is 0.0303. The Labute approximate surface area is 163 Å². The molecule has 148 valence electrons. The summed E-state index contributed by atoms with van der Waals surface area (Å²) in [5.74, 6) is -3.99. The second-order valence-electron chi connectivity index (χ2n) is 5.36. The Kier molecular flexibility index (Phi) is 7.70. The molecule has 0 saturated heterocycles. The number of hydrogen-bond donors (Lipinski definition) is 2. The van der Waals surface area contributed by atoms with E-state index in [4.69, 9.17) is 21.1 Å². The molecule has 0 unspecified atom stereocenters. The van der Waals surface area contributed by atoms with Gasteiger partial charge in [0.05, 0.1) is 6.54 Å². The van der Waals surface area contributed by atoms with Gasteiger partial charge in [0.2, 0.25) is 5.91 Å². The van der Waals surface area contributed by atoms with Crippen molar-refractivity contribution in [3.8, 4) is 5.75 Å². The van der Waals surface area contributed by atoms with Crippen molar-refractivity contribution >= 4 is 35.1 Å². The van der Waals surface area contributed by atoms with Gasteiger partial charge in [-0.1, -0.05) is 17.7 Å². The van der Waals surface area contributed by atoms with E-state index in [-0.39, 0.29) is 5.69 Å². The molecule has 2 amide bonds. The van der Waals surface area contributed by atoms with E-state index in [9.17, 15) is 23.2 Å². The number of rotatable bonds is 8. The van der Waals surface area contributed by atoms with E-state index < -0.39 is 49.2 Å².